The SMILES string of the molecule is C[C@H]([NH2+]CC(=O)Nc1ccc(F)c(F)c1)c1ccc(Cl)cc1. The van der Waals surface area contributed by atoms with Crippen LogP contribution in [0, 0.1) is 11.6 Å². The van der Waals surface area contributed by atoms with E-state index < -0.39 is 11.6 Å². The van der Waals surface area contributed by atoms with Gasteiger partial charge in [-0.3, -0.25) is 4.79 Å². The molecule has 0 fully saturated rings. The molecule has 1 amide bonds. The largest absolute Gasteiger partial charge is 0.333 e. The average molecular weight is 326 g/mol. The standard InChI is InChI=1S/C16H15ClF2N2O/c1-10(11-2-4-12(17)5-3-11)20-9-16(22)21-13-6-7-14(18)15(19)8-13/h2-8,10,20H,9H2,1H3,(H,21,22)/p+1/t10-/m0/s1. The van der Waals surface area contributed by atoms with Gasteiger partial charge in [0, 0.05) is 22.3 Å². The third kappa shape index (κ3) is 4.51. The molecular weight excluding hydrogens is 310 g/mol. The number of benzene rings is 2. The number of carbonyl (C=O) groups is 1. The number of halogens is 3. The van der Waals surface area contributed by atoms with Gasteiger partial charge < -0.3 is 10.6 Å². The summed E-state index contributed by atoms with van der Waals surface area (Å²) in [7, 11) is 0. The molecule has 0 aliphatic rings. The van der Waals surface area contributed by atoms with E-state index >= 15 is 0 Å². The van der Waals surface area contributed by atoms with E-state index in [4.69, 9.17) is 11.6 Å². The van der Waals surface area contributed by atoms with Crippen LogP contribution >= 0.6 is 11.6 Å². The molecule has 0 saturated heterocycles. The van der Waals surface area contributed by atoms with E-state index in [1.54, 1.807) is 12.1 Å². The summed E-state index contributed by atoms with van der Waals surface area (Å²) in [4.78, 5) is 11.8. The zero-order valence-corrected chi connectivity index (χ0v) is 12.7. The molecule has 2 rings (SSSR count). The first-order valence-corrected chi connectivity index (χ1v) is 7.17. The van der Waals surface area contributed by atoms with E-state index in [0.717, 1.165) is 17.7 Å². The monoisotopic (exact) mass is 325 g/mol. The number of anilines is 1. The number of amides is 1. The summed E-state index contributed by atoms with van der Waals surface area (Å²) >= 11 is 5.83. The number of rotatable bonds is 5. The van der Waals surface area contributed by atoms with E-state index in [-0.39, 0.29) is 24.2 Å². The van der Waals surface area contributed by atoms with E-state index in [0.29, 0.717) is 5.02 Å². The predicted molar refractivity (Wildman–Crippen MR) is 81.6 cm³/mol. The first kappa shape index (κ1) is 16.4. The molecule has 0 aliphatic heterocycles. The van der Waals surface area contributed by atoms with Crippen molar-refractivity contribution in [3.05, 3.63) is 64.7 Å². The minimum atomic E-state index is -0.990. The van der Waals surface area contributed by atoms with Gasteiger partial charge in [-0.25, -0.2) is 8.78 Å². The van der Waals surface area contributed by atoms with Crippen molar-refractivity contribution < 1.29 is 18.9 Å². The molecule has 0 spiro atoms. The second-order valence-electron chi connectivity index (χ2n) is 4.96. The second kappa shape index (κ2) is 7.33. The van der Waals surface area contributed by atoms with Crippen LogP contribution in [0.3, 0.4) is 0 Å². The lowest BCUT2D eigenvalue weighted by Gasteiger charge is -2.11. The first-order chi connectivity index (χ1) is 10.5. The Labute approximate surface area is 132 Å². The predicted octanol–water partition coefficient (Wildman–Crippen LogP) is 2.88. The van der Waals surface area contributed by atoms with E-state index in [1.165, 1.54) is 6.07 Å². The maximum atomic E-state index is 13.1. The van der Waals surface area contributed by atoms with Gasteiger partial charge in [0.2, 0.25) is 0 Å². The third-order valence-electron chi connectivity index (χ3n) is 3.26. The summed E-state index contributed by atoms with van der Waals surface area (Å²) in [5.41, 5.74) is 1.28. The molecule has 3 N–H and O–H groups in total. The van der Waals surface area contributed by atoms with Crippen LogP contribution in [0.15, 0.2) is 42.5 Å². The topological polar surface area (TPSA) is 45.7 Å². The lowest BCUT2D eigenvalue weighted by molar-refractivity contribution is -0.682. The molecule has 0 aliphatic carbocycles. The van der Waals surface area contributed by atoms with Crippen LogP contribution < -0.4 is 10.6 Å². The highest BCUT2D eigenvalue weighted by Gasteiger charge is 2.12. The number of carbonyl (C=O) groups excluding carboxylic acids is 1. The van der Waals surface area contributed by atoms with E-state index in [1.807, 2.05) is 24.4 Å². The summed E-state index contributed by atoms with van der Waals surface area (Å²) < 4.78 is 25.9. The molecule has 0 aromatic heterocycles. The Hall–Kier alpha value is -1.98. The molecule has 0 radical (unpaired) electrons. The van der Waals surface area contributed by atoms with Crippen molar-refractivity contribution in [2.75, 3.05) is 11.9 Å². The molecule has 0 heterocycles. The van der Waals surface area contributed by atoms with Crippen LogP contribution in [-0.4, -0.2) is 12.5 Å². The van der Waals surface area contributed by atoms with Gasteiger partial charge in [-0.05, 0) is 31.2 Å². The maximum Gasteiger partial charge on any atom is 0.279 e. The van der Waals surface area contributed by atoms with Crippen molar-refractivity contribution in [2.24, 2.45) is 0 Å². The van der Waals surface area contributed by atoms with Gasteiger partial charge in [-0.1, -0.05) is 23.7 Å². The summed E-state index contributed by atoms with van der Waals surface area (Å²) in [5.74, 6) is -2.22. The highest BCUT2D eigenvalue weighted by Crippen LogP contribution is 2.14. The van der Waals surface area contributed by atoms with Crippen LogP contribution in [0.1, 0.15) is 18.5 Å². The fraction of sp³-hybridized carbons (Fsp3) is 0.188. The third-order valence-corrected chi connectivity index (χ3v) is 3.51. The van der Waals surface area contributed by atoms with Gasteiger partial charge >= 0.3 is 0 Å². The molecule has 2 aromatic carbocycles. The molecule has 0 unspecified atom stereocenters. The Balaban J connectivity index is 1.86. The Morgan fingerprint density at radius 1 is 1.18 bits per heavy atom. The highest BCUT2D eigenvalue weighted by atomic mass is 35.5. The minimum Gasteiger partial charge on any atom is -0.333 e. The Bertz CT molecular complexity index is 662. The number of hydrogen-bond acceptors (Lipinski definition) is 1. The maximum absolute atomic E-state index is 13.1. The number of nitrogens with two attached hydrogens (primary N) is 1. The average Bonchev–Trinajstić information content (AvgIpc) is 2.49. The first-order valence-electron chi connectivity index (χ1n) is 6.79. The Kier molecular flexibility index (Phi) is 5.46. The number of hydrogen-bond donors (Lipinski definition) is 2. The normalized spacial score (nSPS) is 12.0. The van der Waals surface area contributed by atoms with Gasteiger partial charge in [0.05, 0.1) is 0 Å². The zero-order chi connectivity index (χ0) is 16.1. The van der Waals surface area contributed by atoms with Crippen LogP contribution in [0.4, 0.5) is 14.5 Å². The smallest absolute Gasteiger partial charge is 0.279 e. The minimum absolute atomic E-state index is 0.0768. The van der Waals surface area contributed by atoms with Crippen molar-refractivity contribution in [3.63, 3.8) is 0 Å². The lowest BCUT2D eigenvalue weighted by atomic mass is 10.1. The van der Waals surface area contributed by atoms with Crippen LogP contribution in [0.5, 0.6) is 0 Å². The van der Waals surface area contributed by atoms with Crippen LogP contribution in [0.25, 0.3) is 0 Å². The Morgan fingerprint density at radius 3 is 2.50 bits per heavy atom. The molecule has 0 bridgehead atoms. The molecule has 0 saturated carbocycles. The zero-order valence-electron chi connectivity index (χ0n) is 11.9. The number of quaternary nitrogens is 1. The van der Waals surface area contributed by atoms with Crippen molar-refractivity contribution in [2.45, 2.75) is 13.0 Å². The van der Waals surface area contributed by atoms with Crippen molar-refractivity contribution >= 4 is 23.2 Å². The summed E-state index contributed by atoms with van der Waals surface area (Å²) in [5, 5.41) is 5.03. The van der Waals surface area contributed by atoms with E-state index in [9.17, 15) is 13.6 Å². The summed E-state index contributed by atoms with van der Waals surface area (Å²) in [6.45, 7) is 2.14. The number of nitrogens with one attached hydrogen (secondary N) is 1. The molecule has 22 heavy (non-hydrogen) atoms. The molecule has 2 aromatic rings. The van der Waals surface area contributed by atoms with Gasteiger partial charge in [-0.15, -0.1) is 0 Å². The highest BCUT2D eigenvalue weighted by molar-refractivity contribution is 6.30. The summed E-state index contributed by atoms with van der Waals surface area (Å²) in [6.07, 6.45) is 0. The quantitative estimate of drug-likeness (QED) is 0.872. The van der Waals surface area contributed by atoms with Gasteiger partial charge in [-0.2, -0.15) is 0 Å². The summed E-state index contributed by atoms with van der Waals surface area (Å²) in [6, 6.07) is 10.7. The van der Waals surface area contributed by atoms with Crippen molar-refractivity contribution in [1.82, 2.24) is 0 Å². The Morgan fingerprint density at radius 2 is 1.86 bits per heavy atom. The van der Waals surface area contributed by atoms with Crippen molar-refractivity contribution in [1.29, 1.82) is 0 Å². The van der Waals surface area contributed by atoms with Crippen LogP contribution in [-0.2, 0) is 4.79 Å². The van der Waals surface area contributed by atoms with Gasteiger partial charge in [0.1, 0.15) is 6.04 Å². The molecule has 3 nitrogen and oxygen atoms in total. The van der Waals surface area contributed by atoms with E-state index in [2.05, 4.69) is 5.32 Å². The van der Waals surface area contributed by atoms with Gasteiger partial charge in [0.25, 0.3) is 5.91 Å². The van der Waals surface area contributed by atoms with Crippen molar-refractivity contribution in [3.8, 4) is 0 Å². The fourth-order valence-electron chi connectivity index (χ4n) is 1.97. The fourth-order valence-corrected chi connectivity index (χ4v) is 2.10. The van der Waals surface area contributed by atoms with Crippen LogP contribution in [0.2, 0.25) is 5.02 Å². The lowest BCUT2D eigenvalue weighted by Crippen LogP contribution is -2.86. The van der Waals surface area contributed by atoms with Gasteiger partial charge in [0.15, 0.2) is 18.2 Å². The second-order valence-corrected chi connectivity index (χ2v) is 5.39. The molecule has 6 heteroatoms. The molecule has 1 atom stereocenters. The molecule has 116 valence electrons. The molecular formula is C16H16ClF2N2O+.